The molecule has 0 atom stereocenters. The van der Waals surface area contributed by atoms with Crippen LogP contribution in [0, 0.1) is 0 Å². The quantitative estimate of drug-likeness (QED) is 0.693. The summed E-state index contributed by atoms with van der Waals surface area (Å²) in [5, 5.41) is 2.75. The Labute approximate surface area is 170 Å². The molecule has 8 heteroatoms. The summed E-state index contributed by atoms with van der Waals surface area (Å²) in [6, 6.07) is 10.4. The number of nitrogens with zero attached hydrogens (tertiary/aromatic N) is 1. The number of amides is 2. The molecule has 0 saturated carbocycles. The van der Waals surface area contributed by atoms with Crippen LogP contribution in [0.25, 0.3) is 0 Å². The van der Waals surface area contributed by atoms with Crippen LogP contribution < -0.4 is 24.3 Å². The van der Waals surface area contributed by atoms with E-state index in [4.69, 9.17) is 18.9 Å². The normalized spacial score (nSPS) is 10.1. The van der Waals surface area contributed by atoms with Crippen molar-refractivity contribution in [2.24, 2.45) is 0 Å². The van der Waals surface area contributed by atoms with Crippen LogP contribution in [0.2, 0.25) is 0 Å². The maximum absolute atomic E-state index is 12.6. The monoisotopic (exact) mass is 402 g/mol. The fraction of sp³-hybridized carbons (Fsp3) is 0.333. The number of rotatable bonds is 9. The van der Waals surface area contributed by atoms with Crippen molar-refractivity contribution in [3.05, 3.63) is 42.0 Å². The van der Waals surface area contributed by atoms with Gasteiger partial charge in [0.1, 0.15) is 5.75 Å². The number of carbonyl (C=O) groups is 2. The molecule has 29 heavy (non-hydrogen) atoms. The van der Waals surface area contributed by atoms with Gasteiger partial charge in [-0.2, -0.15) is 0 Å². The number of methoxy groups -OCH3 is 4. The van der Waals surface area contributed by atoms with Gasteiger partial charge in [-0.05, 0) is 29.8 Å². The molecule has 2 amide bonds. The van der Waals surface area contributed by atoms with Gasteiger partial charge in [0, 0.05) is 18.8 Å². The molecule has 0 heterocycles. The Morgan fingerprint density at radius 1 is 0.931 bits per heavy atom. The van der Waals surface area contributed by atoms with Gasteiger partial charge >= 0.3 is 0 Å². The Kier molecular flexibility index (Phi) is 7.70. The van der Waals surface area contributed by atoms with E-state index in [0.29, 0.717) is 34.2 Å². The molecule has 2 rings (SSSR count). The van der Waals surface area contributed by atoms with Crippen LogP contribution in [-0.2, 0) is 16.0 Å². The highest BCUT2D eigenvalue weighted by Gasteiger charge is 2.18. The van der Waals surface area contributed by atoms with Crippen molar-refractivity contribution < 1.29 is 28.5 Å². The van der Waals surface area contributed by atoms with Crippen LogP contribution in [0.4, 0.5) is 5.69 Å². The molecule has 0 spiro atoms. The molecule has 0 bridgehead atoms. The van der Waals surface area contributed by atoms with Crippen molar-refractivity contribution in [2.75, 3.05) is 47.3 Å². The lowest BCUT2D eigenvalue weighted by atomic mass is 10.1. The smallest absolute Gasteiger partial charge is 0.243 e. The third-order valence-corrected chi connectivity index (χ3v) is 4.24. The van der Waals surface area contributed by atoms with Gasteiger partial charge in [-0.3, -0.25) is 9.59 Å². The summed E-state index contributed by atoms with van der Waals surface area (Å²) < 4.78 is 21.0. The SMILES string of the molecule is COc1cccc(NC(=O)CN(C)C(=O)Cc2cc(OC)c(OC)c(OC)c2)c1. The molecule has 0 aromatic heterocycles. The van der Waals surface area contributed by atoms with Crippen molar-refractivity contribution >= 4 is 17.5 Å². The number of carbonyl (C=O) groups excluding carboxylic acids is 2. The summed E-state index contributed by atoms with van der Waals surface area (Å²) in [5.41, 5.74) is 1.28. The molecule has 2 aromatic carbocycles. The largest absolute Gasteiger partial charge is 0.497 e. The fourth-order valence-electron chi connectivity index (χ4n) is 2.75. The van der Waals surface area contributed by atoms with Gasteiger partial charge in [0.25, 0.3) is 0 Å². The van der Waals surface area contributed by atoms with Gasteiger partial charge in [-0.15, -0.1) is 0 Å². The van der Waals surface area contributed by atoms with Crippen LogP contribution in [-0.4, -0.2) is 58.7 Å². The molecule has 2 aromatic rings. The molecule has 8 nitrogen and oxygen atoms in total. The number of benzene rings is 2. The topological polar surface area (TPSA) is 86.3 Å². The lowest BCUT2D eigenvalue weighted by Crippen LogP contribution is -2.35. The van der Waals surface area contributed by atoms with E-state index in [9.17, 15) is 9.59 Å². The van der Waals surface area contributed by atoms with E-state index in [1.165, 1.54) is 26.2 Å². The van der Waals surface area contributed by atoms with Crippen molar-refractivity contribution in [3.63, 3.8) is 0 Å². The Hall–Kier alpha value is -3.42. The van der Waals surface area contributed by atoms with E-state index in [1.54, 1.807) is 50.6 Å². The summed E-state index contributed by atoms with van der Waals surface area (Å²) in [6.07, 6.45) is 0.0830. The number of likely N-dealkylation sites (N-methyl/N-ethyl adjacent to an activating group) is 1. The molecule has 0 saturated heterocycles. The zero-order valence-electron chi connectivity index (χ0n) is 17.3. The zero-order chi connectivity index (χ0) is 21.4. The Bertz CT molecular complexity index is 843. The van der Waals surface area contributed by atoms with Crippen molar-refractivity contribution in [1.29, 1.82) is 0 Å². The highest BCUT2D eigenvalue weighted by molar-refractivity contribution is 5.94. The van der Waals surface area contributed by atoms with Gasteiger partial charge in [0.15, 0.2) is 11.5 Å². The van der Waals surface area contributed by atoms with Crippen molar-refractivity contribution in [1.82, 2.24) is 4.90 Å². The summed E-state index contributed by atoms with van der Waals surface area (Å²) >= 11 is 0. The first-order valence-corrected chi connectivity index (χ1v) is 8.88. The first-order valence-electron chi connectivity index (χ1n) is 8.88. The molecule has 0 aliphatic carbocycles. The third-order valence-electron chi connectivity index (χ3n) is 4.24. The maximum atomic E-state index is 12.6. The predicted molar refractivity (Wildman–Crippen MR) is 109 cm³/mol. The molecule has 0 aliphatic heterocycles. The summed E-state index contributed by atoms with van der Waals surface area (Å²) in [7, 11) is 7.66. The maximum Gasteiger partial charge on any atom is 0.243 e. The molecule has 0 fully saturated rings. The number of ether oxygens (including phenoxy) is 4. The highest BCUT2D eigenvalue weighted by atomic mass is 16.5. The summed E-state index contributed by atoms with van der Waals surface area (Å²) in [6.45, 7) is -0.0829. The van der Waals surface area contributed by atoms with Gasteiger partial charge in [0.05, 0.1) is 41.4 Å². The number of hydrogen-bond donors (Lipinski definition) is 1. The minimum Gasteiger partial charge on any atom is -0.497 e. The zero-order valence-corrected chi connectivity index (χ0v) is 17.3. The molecule has 1 N–H and O–H groups in total. The minimum atomic E-state index is -0.306. The predicted octanol–water partition coefficient (Wildman–Crippen LogP) is 2.36. The van der Waals surface area contributed by atoms with Crippen LogP contribution in [0.5, 0.6) is 23.0 Å². The second-order valence-corrected chi connectivity index (χ2v) is 6.24. The minimum absolute atomic E-state index is 0.0829. The number of nitrogens with one attached hydrogen (secondary N) is 1. The van der Waals surface area contributed by atoms with Gasteiger partial charge in [0.2, 0.25) is 17.6 Å². The molecular weight excluding hydrogens is 376 g/mol. The molecular formula is C21H26N2O6. The number of hydrogen-bond acceptors (Lipinski definition) is 6. The Morgan fingerprint density at radius 3 is 2.14 bits per heavy atom. The summed E-state index contributed by atoms with van der Waals surface area (Å²) in [4.78, 5) is 26.2. The van der Waals surface area contributed by atoms with E-state index in [1.807, 2.05) is 0 Å². The van der Waals surface area contributed by atoms with Crippen LogP contribution in [0.1, 0.15) is 5.56 Å². The highest BCUT2D eigenvalue weighted by Crippen LogP contribution is 2.38. The average molecular weight is 402 g/mol. The van der Waals surface area contributed by atoms with Crippen LogP contribution in [0.3, 0.4) is 0 Å². The fourth-order valence-corrected chi connectivity index (χ4v) is 2.75. The van der Waals surface area contributed by atoms with Crippen LogP contribution in [0.15, 0.2) is 36.4 Å². The van der Waals surface area contributed by atoms with Crippen LogP contribution >= 0.6 is 0 Å². The summed E-state index contributed by atoms with van der Waals surface area (Å²) in [5.74, 6) is 1.49. The lowest BCUT2D eigenvalue weighted by Gasteiger charge is -2.18. The molecule has 156 valence electrons. The van der Waals surface area contributed by atoms with E-state index >= 15 is 0 Å². The third kappa shape index (κ3) is 5.78. The number of anilines is 1. The van der Waals surface area contributed by atoms with E-state index in [2.05, 4.69) is 5.32 Å². The van der Waals surface area contributed by atoms with Gasteiger partial charge < -0.3 is 29.2 Å². The first-order chi connectivity index (χ1) is 13.9. The Morgan fingerprint density at radius 2 is 1.59 bits per heavy atom. The van der Waals surface area contributed by atoms with E-state index < -0.39 is 0 Å². The second kappa shape index (κ2) is 10.2. The standard InChI is InChI=1S/C21H26N2O6/c1-23(13-19(24)22-15-7-6-8-16(12-15)26-2)20(25)11-14-9-17(27-3)21(29-5)18(10-14)28-4/h6-10,12H,11,13H2,1-5H3,(H,22,24). The molecule has 0 aliphatic rings. The molecule has 0 radical (unpaired) electrons. The van der Waals surface area contributed by atoms with Gasteiger partial charge in [-0.25, -0.2) is 0 Å². The first kappa shape index (κ1) is 21.9. The van der Waals surface area contributed by atoms with Crippen molar-refractivity contribution in [3.8, 4) is 23.0 Å². The Balaban J connectivity index is 2.02. The molecule has 0 unspecified atom stereocenters. The van der Waals surface area contributed by atoms with E-state index in [0.717, 1.165) is 0 Å². The second-order valence-electron chi connectivity index (χ2n) is 6.24. The van der Waals surface area contributed by atoms with Gasteiger partial charge in [-0.1, -0.05) is 6.07 Å². The van der Waals surface area contributed by atoms with Crippen molar-refractivity contribution in [2.45, 2.75) is 6.42 Å². The lowest BCUT2D eigenvalue weighted by molar-refractivity contribution is -0.132. The van der Waals surface area contributed by atoms with E-state index in [-0.39, 0.29) is 24.8 Å². The average Bonchev–Trinajstić information content (AvgIpc) is 2.72.